The van der Waals surface area contributed by atoms with Crippen molar-refractivity contribution in [2.24, 2.45) is 5.92 Å². The SMILES string of the molecule is C=CCNc1ccc(C(=O)C(C(C)=O)C(C)=O)cc1. The second-order valence-electron chi connectivity index (χ2n) is 4.27. The molecule has 0 radical (unpaired) electrons. The smallest absolute Gasteiger partial charge is 0.180 e. The maximum atomic E-state index is 12.1. The Morgan fingerprint density at radius 1 is 1.16 bits per heavy atom. The summed E-state index contributed by atoms with van der Waals surface area (Å²) >= 11 is 0. The van der Waals surface area contributed by atoms with Gasteiger partial charge in [0.25, 0.3) is 0 Å². The van der Waals surface area contributed by atoms with Gasteiger partial charge in [0.15, 0.2) is 5.78 Å². The number of carbonyl (C=O) groups excluding carboxylic acids is 3. The molecule has 0 amide bonds. The Morgan fingerprint density at radius 2 is 1.68 bits per heavy atom. The van der Waals surface area contributed by atoms with Gasteiger partial charge in [0, 0.05) is 17.8 Å². The van der Waals surface area contributed by atoms with Crippen molar-refractivity contribution < 1.29 is 14.4 Å². The van der Waals surface area contributed by atoms with Crippen LogP contribution in [0.1, 0.15) is 24.2 Å². The summed E-state index contributed by atoms with van der Waals surface area (Å²) in [7, 11) is 0. The van der Waals surface area contributed by atoms with Gasteiger partial charge in [-0.3, -0.25) is 14.4 Å². The second-order valence-corrected chi connectivity index (χ2v) is 4.27. The van der Waals surface area contributed by atoms with Crippen molar-refractivity contribution in [3.8, 4) is 0 Å². The highest BCUT2D eigenvalue weighted by Crippen LogP contribution is 2.15. The monoisotopic (exact) mass is 259 g/mol. The number of ketones is 3. The number of hydrogen-bond donors (Lipinski definition) is 1. The average molecular weight is 259 g/mol. The van der Waals surface area contributed by atoms with Crippen molar-refractivity contribution in [2.75, 3.05) is 11.9 Å². The fourth-order valence-electron chi connectivity index (χ4n) is 1.76. The molecule has 0 aliphatic carbocycles. The second kappa shape index (κ2) is 6.64. The van der Waals surface area contributed by atoms with Crippen LogP contribution < -0.4 is 5.32 Å². The minimum Gasteiger partial charge on any atom is -0.382 e. The summed E-state index contributed by atoms with van der Waals surface area (Å²) in [6.07, 6.45) is 1.72. The summed E-state index contributed by atoms with van der Waals surface area (Å²) in [4.78, 5) is 34.8. The van der Waals surface area contributed by atoms with Crippen molar-refractivity contribution in [3.63, 3.8) is 0 Å². The molecule has 19 heavy (non-hydrogen) atoms. The van der Waals surface area contributed by atoms with Crippen LogP contribution in [0.2, 0.25) is 0 Å². The van der Waals surface area contributed by atoms with E-state index < -0.39 is 23.3 Å². The zero-order valence-corrected chi connectivity index (χ0v) is 11.1. The van der Waals surface area contributed by atoms with Gasteiger partial charge in [-0.2, -0.15) is 0 Å². The number of anilines is 1. The molecule has 0 aliphatic rings. The lowest BCUT2D eigenvalue weighted by molar-refractivity contribution is -0.128. The fraction of sp³-hybridized carbons (Fsp3) is 0.267. The molecule has 0 atom stereocenters. The topological polar surface area (TPSA) is 63.2 Å². The Labute approximate surface area is 112 Å². The molecular formula is C15H17NO3. The van der Waals surface area contributed by atoms with Crippen LogP contribution in [0.4, 0.5) is 5.69 Å². The molecule has 1 N–H and O–H groups in total. The predicted octanol–water partition coefficient (Wildman–Crippen LogP) is 2.26. The maximum Gasteiger partial charge on any atom is 0.180 e. The quantitative estimate of drug-likeness (QED) is 0.463. The van der Waals surface area contributed by atoms with Gasteiger partial charge in [-0.05, 0) is 38.1 Å². The Balaban J connectivity index is 2.90. The predicted molar refractivity (Wildman–Crippen MR) is 74.3 cm³/mol. The largest absolute Gasteiger partial charge is 0.382 e. The van der Waals surface area contributed by atoms with Gasteiger partial charge in [0.1, 0.15) is 17.5 Å². The van der Waals surface area contributed by atoms with E-state index in [1.807, 2.05) is 0 Å². The van der Waals surface area contributed by atoms with Crippen molar-refractivity contribution in [1.82, 2.24) is 0 Å². The van der Waals surface area contributed by atoms with Crippen LogP contribution in [0.3, 0.4) is 0 Å². The summed E-state index contributed by atoms with van der Waals surface area (Å²) in [5.74, 6) is -2.49. The van der Waals surface area contributed by atoms with Crippen LogP contribution in [-0.2, 0) is 9.59 Å². The third-order valence-electron chi connectivity index (χ3n) is 2.70. The molecule has 0 spiro atoms. The van der Waals surface area contributed by atoms with Crippen LogP contribution >= 0.6 is 0 Å². The van der Waals surface area contributed by atoms with Crippen LogP contribution in [-0.4, -0.2) is 23.9 Å². The highest BCUT2D eigenvalue weighted by Gasteiger charge is 2.28. The molecule has 0 saturated carbocycles. The van der Waals surface area contributed by atoms with Crippen LogP contribution in [0, 0.1) is 5.92 Å². The van der Waals surface area contributed by atoms with E-state index >= 15 is 0 Å². The number of benzene rings is 1. The first-order valence-electron chi connectivity index (χ1n) is 5.97. The molecule has 1 aromatic carbocycles. The van der Waals surface area contributed by atoms with E-state index in [0.717, 1.165) is 5.69 Å². The fourth-order valence-corrected chi connectivity index (χ4v) is 1.76. The lowest BCUT2D eigenvalue weighted by atomic mass is 9.91. The van der Waals surface area contributed by atoms with Gasteiger partial charge >= 0.3 is 0 Å². The minimum atomic E-state index is -1.19. The maximum absolute atomic E-state index is 12.1. The van der Waals surface area contributed by atoms with Crippen molar-refractivity contribution in [3.05, 3.63) is 42.5 Å². The van der Waals surface area contributed by atoms with Gasteiger partial charge in [0.05, 0.1) is 0 Å². The molecule has 1 rings (SSSR count). The summed E-state index contributed by atoms with van der Waals surface area (Å²) in [6.45, 7) is 6.72. The van der Waals surface area contributed by atoms with E-state index in [4.69, 9.17) is 0 Å². The molecule has 0 bridgehead atoms. The van der Waals surface area contributed by atoms with E-state index in [1.54, 1.807) is 30.3 Å². The summed E-state index contributed by atoms with van der Waals surface area (Å²) in [5, 5.41) is 3.07. The van der Waals surface area contributed by atoms with Crippen LogP contribution in [0.5, 0.6) is 0 Å². The van der Waals surface area contributed by atoms with Crippen molar-refractivity contribution >= 4 is 23.0 Å². The molecule has 0 aliphatic heterocycles. The first-order valence-corrected chi connectivity index (χ1v) is 5.97. The lowest BCUT2D eigenvalue weighted by Gasteiger charge is -2.10. The minimum absolute atomic E-state index is 0.361. The zero-order chi connectivity index (χ0) is 14.4. The number of rotatable bonds is 7. The van der Waals surface area contributed by atoms with Crippen LogP contribution in [0.25, 0.3) is 0 Å². The van der Waals surface area contributed by atoms with Gasteiger partial charge in [-0.15, -0.1) is 6.58 Å². The summed E-state index contributed by atoms with van der Waals surface area (Å²) in [5.41, 5.74) is 1.21. The Bertz CT molecular complexity index is 489. The number of carbonyl (C=O) groups is 3. The van der Waals surface area contributed by atoms with Gasteiger partial charge in [0.2, 0.25) is 0 Å². The summed E-state index contributed by atoms with van der Waals surface area (Å²) < 4.78 is 0. The Hall–Kier alpha value is -2.23. The number of Topliss-reactive ketones (excluding diaryl/α,β-unsaturated/α-hetero) is 3. The molecule has 0 unspecified atom stereocenters. The number of hydrogen-bond acceptors (Lipinski definition) is 4. The zero-order valence-electron chi connectivity index (χ0n) is 11.1. The first-order chi connectivity index (χ1) is 8.97. The van der Waals surface area contributed by atoms with E-state index in [1.165, 1.54) is 13.8 Å². The lowest BCUT2D eigenvalue weighted by Crippen LogP contribution is -2.28. The third-order valence-corrected chi connectivity index (χ3v) is 2.70. The molecule has 4 heteroatoms. The van der Waals surface area contributed by atoms with E-state index in [-0.39, 0.29) is 0 Å². The average Bonchev–Trinajstić information content (AvgIpc) is 2.36. The standard InChI is InChI=1S/C15H17NO3/c1-4-9-16-13-7-5-12(6-8-13)15(19)14(10(2)17)11(3)18/h4-8,14,16H,1,9H2,2-3H3. The highest BCUT2D eigenvalue weighted by atomic mass is 16.2. The third kappa shape index (κ3) is 3.88. The molecule has 0 aromatic heterocycles. The Kier molecular flexibility index (Phi) is 5.18. The number of nitrogens with one attached hydrogen (secondary N) is 1. The van der Waals surface area contributed by atoms with Gasteiger partial charge in [-0.1, -0.05) is 6.08 Å². The van der Waals surface area contributed by atoms with Crippen molar-refractivity contribution in [2.45, 2.75) is 13.8 Å². The Morgan fingerprint density at radius 3 is 2.11 bits per heavy atom. The molecular weight excluding hydrogens is 242 g/mol. The van der Waals surface area contributed by atoms with E-state index in [0.29, 0.717) is 12.1 Å². The molecule has 0 fully saturated rings. The molecule has 0 heterocycles. The van der Waals surface area contributed by atoms with Gasteiger partial charge in [-0.25, -0.2) is 0 Å². The molecule has 4 nitrogen and oxygen atoms in total. The normalized spacial score (nSPS) is 10.1. The summed E-state index contributed by atoms with van der Waals surface area (Å²) in [6, 6.07) is 6.67. The highest BCUT2D eigenvalue weighted by molar-refractivity contribution is 6.23. The molecule has 100 valence electrons. The van der Waals surface area contributed by atoms with Crippen LogP contribution in [0.15, 0.2) is 36.9 Å². The molecule has 1 aromatic rings. The first kappa shape index (κ1) is 14.8. The molecule has 0 saturated heterocycles. The van der Waals surface area contributed by atoms with E-state index in [9.17, 15) is 14.4 Å². The van der Waals surface area contributed by atoms with Crippen molar-refractivity contribution in [1.29, 1.82) is 0 Å². The van der Waals surface area contributed by atoms with Gasteiger partial charge < -0.3 is 5.32 Å². The van der Waals surface area contributed by atoms with E-state index in [2.05, 4.69) is 11.9 Å².